The maximum atomic E-state index is 2.12. The molecule has 0 N–H and O–H groups in total. The van der Waals surface area contributed by atoms with E-state index < -0.39 is 0 Å². The van der Waals surface area contributed by atoms with Crippen LogP contribution < -0.4 is 0 Å². The van der Waals surface area contributed by atoms with E-state index in [1.807, 2.05) is 13.8 Å². The van der Waals surface area contributed by atoms with Crippen LogP contribution in [-0.2, 0) is 0 Å². The maximum Gasteiger partial charge on any atom is 0 e. The highest BCUT2D eigenvalue weighted by molar-refractivity contribution is 5.76. The summed E-state index contributed by atoms with van der Waals surface area (Å²) < 4.78 is 0. The molecule has 0 atom stereocenters. The highest BCUT2D eigenvalue weighted by Crippen LogP contribution is 1.99. The molecule has 1 aromatic carbocycles. The monoisotopic (exact) mass is 158 g/mol. The fourth-order valence-electron chi connectivity index (χ4n) is 0.637. The first-order valence-corrected chi connectivity index (χ1v) is 3.82. The van der Waals surface area contributed by atoms with Gasteiger partial charge in [-0.15, -0.1) is 0 Å². The van der Waals surface area contributed by atoms with Crippen molar-refractivity contribution in [3.63, 3.8) is 0 Å². The molecule has 0 unspecified atom stereocenters. The number of hydrogen-bond acceptors (Lipinski definition) is 0. The second-order valence-corrected chi connectivity index (χ2v) is 2.15. The van der Waals surface area contributed by atoms with E-state index in [9.17, 15) is 0 Å². The van der Waals surface area contributed by atoms with Gasteiger partial charge in [-0.2, -0.15) is 0 Å². The zero-order valence-electron chi connectivity index (χ0n) is 8.46. The van der Waals surface area contributed by atoms with Gasteiger partial charge in [-0.25, -0.2) is 0 Å². The molecule has 0 saturated carbocycles. The fourth-order valence-corrected chi connectivity index (χ4v) is 0.637. The van der Waals surface area contributed by atoms with Crippen molar-refractivity contribution in [2.45, 2.75) is 27.7 Å². The Balaban J connectivity index is -0.000000189. The normalized spacial score (nSPS) is 6.67. The summed E-state index contributed by atoms with van der Waals surface area (Å²) in [6.45, 7) is 8.19. The van der Waals surface area contributed by atoms with Crippen molar-refractivity contribution in [3.8, 4) is 0 Å². The predicted octanol–water partition coefficient (Wildman–Crippen LogP) is 2.57. The summed E-state index contributed by atoms with van der Waals surface area (Å²) in [5, 5.41) is 0. The topological polar surface area (TPSA) is 0 Å². The summed E-state index contributed by atoms with van der Waals surface area (Å²) in [5.41, 5.74) is 2.66. The van der Waals surface area contributed by atoms with Crippen LogP contribution in [0.4, 0.5) is 0 Å². The Morgan fingerprint density at radius 2 is 0.833 bits per heavy atom. The highest BCUT2D eigenvalue weighted by atomic mass is 13.9. The molecular weight excluding hydrogens is 142 g/mol. The van der Waals surface area contributed by atoms with Gasteiger partial charge < -0.3 is 0 Å². The third kappa shape index (κ3) is 7.46. The Labute approximate surface area is 80.5 Å². The Morgan fingerprint density at radius 1 is 0.667 bits per heavy atom. The van der Waals surface area contributed by atoms with Gasteiger partial charge in [0.15, 0.2) is 0 Å². The van der Waals surface area contributed by atoms with Crippen molar-refractivity contribution >= 4 is 16.8 Å². The molecule has 62 valence electrons. The SMILES string of the molecule is CC.Cc1ccc(C)cc1.[B].[B]. The van der Waals surface area contributed by atoms with Crippen molar-refractivity contribution in [2.75, 3.05) is 0 Å². The van der Waals surface area contributed by atoms with E-state index >= 15 is 0 Å². The van der Waals surface area contributed by atoms with Gasteiger partial charge in [0.05, 0.1) is 0 Å². The predicted molar refractivity (Wildman–Crippen MR) is 58.8 cm³/mol. The molecule has 0 aromatic heterocycles. The minimum Gasteiger partial charge on any atom is -0.0683 e. The van der Waals surface area contributed by atoms with Gasteiger partial charge in [-0.05, 0) is 13.8 Å². The van der Waals surface area contributed by atoms with Crippen LogP contribution in [0, 0.1) is 13.8 Å². The zero-order valence-corrected chi connectivity index (χ0v) is 8.46. The van der Waals surface area contributed by atoms with Crippen LogP contribution in [0.3, 0.4) is 0 Å². The number of benzene rings is 1. The van der Waals surface area contributed by atoms with Crippen LogP contribution in [0.2, 0.25) is 0 Å². The number of hydrogen-bond donors (Lipinski definition) is 0. The Morgan fingerprint density at radius 3 is 1.00 bits per heavy atom. The molecule has 0 heterocycles. The lowest BCUT2D eigenvalue weighted by Gasteiger charge is -1.90. The third-order valence-corrected chi connectivity index (χ3v) is 1.22. The van der Waals surface area contributed by atoms with Gasteiger partial charge in [0, 0.05) is 16.8 Å². The van der Waals surface area contributed by atoms with Crippen LogP contribution in [0.25, 0.3) is 0 Å². The molecule has 1 rings (SSSR count). The van der Waals surface area contributed by atoms with Crippen molar-refractivity contribution in [1.29, 1.82) is 0 Å². The third-order valence-electron chi connectivity index (χ3n) is 1.22. The average Bonchev–Trinajstić information content (AvgIpc) is 2.00. The zero-order chi connectivity index (χ0) is 7.98. The van der Waals surface area contributed by atoms with E-state index in [2.05, 4.69) is 38.1 Å². The first-order chi connectivity index (χ1) is 4.79. The van der Waals surface area contributed by atoms with E-state index in [4.69, 9.17) is 0 Å². The standard InChI is InChI=1S/C8H10.C2H6.2B/c1-7-3-5-8(2)6-4-7;1-2;;/h3-6H,1-2H3;1-2H3;;. The summed E-state index contributed by atoms with van der Waals surface area (Å²) >= 11 is 0. The van der Waals surface area contributed by atoms with Gasteiger partial charge in [0.1, 0.15) is 0 Å². The van der Waals surface area contributed by atoms with E-state index in [0.29, 0.717) is 0 Å². The van der Waals surface area contributed by atoms with Gasteiger partial charge in [-0.3, -0.25) is 0 Å². The maximum absolute atomic E-state index is 2.12. The Kier molecular flexibility index (Phi) is 15.0. The minimum absolute atomic E-state index is 0. The summed E-state index contributed by atoms with van der Waals surface area (Å²) in [6, 6.07) is 8.48. The van der Waals surface area contributed by atoms with Crippen LogP contribution in [-0.4, -0.2) is 16.8 Å². The summed E-state index contributed by atoms with van der Waals surface area (Å²) in [7, 11) is 0. The average molecular weight is 158 g/mol. The van der Waals surface area contributed by atoms with E-state index in [-0.39, 0.29) is 16.8 Å². The molecule has 1 aromatic rings. The smallest absolute Gasteiger partial charge is 0 e. The first-order valence-electron chi connectivity index (χ1n) is 3.82. The second-order valence-electron chi connectivity index (χ2n) is 2.15. The van der Waals surface area contributed by atoms with E-state index in [0.717, 1.165) is 0 Å². The second kappa shape index (κ2) is 10.3. The summed E-state index contributed by atoms with van der Waals surface area (Å²) in [6.07, 6.45) is 0. The molecule has 6 radical (unpaired) electrons. The van der Waals surface area contributed by atoms with Gasteiger partial charge in [0.2, 0.25) is 0 Å². The molecule has 0 saturated heterocycles. The first kappa shape index (κ1) is 17.4. The molecule has 0 fully saturated rings. The number of aryl methyl sites for hydroxylation is 2. The molecule has 0 aliphatic rings. The van der Waals surface area contributed by atoms with Crippen LogP contribution in [0.1, 0.15) is 25.0 Å². The molecule has 0 nitrogen and oxygen atoms in total. The molecule has 0 bridgehead atoms. The van der Waals surface area contributed by atoms with Gasteiger partial charge in [0.25, 0.3) is 0 Å². The molecule has 0 aliphatic carbocycles. The van der Waals surface area contributed by atoms with Crippen LogP contribution in [0.15, 0.2) is 24.3 Å². The molecule has 0 amide bonds. The summed E-state index contributed by atoms with van der Waals surface area (Å²) in [4.78, 5) is 0. The molecule has 12 heavy (non-hydrogen) atoms. The van der Waals surface area contributed by atoms with E-state index in [1.165, 1.54) is 11.1 Å². The lowest BCUT2D eigenvalue weighted by molar-refractivity contribution is 1.40. The van der Waals surface area contributed by atoms with Crippen LogP contribution in [0.5, 0.6) is 0 Å². The molecule has 2 heteroatoms. The Bertz CT molecular complexity index is 147. The fraction of sp³-hybridized carbons (Fsp3) is 0.400. The van der Waals surface area contributed by atoms with Crippen molar-refractivity contribution in [2.24, 2.45) is 0 Å². The summed E-state index contributed by atoms with van der Waals surface area (Å²) in [5.74, 6) is 0. The van der Waals surface area contributed by atoms with Crippen molar-refractivity contribution in [3.05, 3.63) is 35.4 Å². The van der Waals surface area contributed by atoms with E-state index in [1.54, 1.807) is 0 Å². The quantitative estimate of drug-likeness (QED) is 0.508. The Hall–Kier alpha value is -0.650. The van der Waals surface area contributed by atoms with Gasteiger partial charge >= 0.3 is 0 Å². The van der Waals surface area contributed by atoms with Crippen molar-refractivity contribution < 1.29 is 0 Å². The molecule has 0 spiro atoms. The van der Waals surface area contributed by atoms with Crippen LogP contribution >= 0.6 is 0 Å². The number of rotatable bonds is 0. The lowest BCUT2D eigenvalue weighted by Crippen LogP contribution is -1.70. The molecule has 0 aliphatic heterocycles. The molecular formula is C10H16B2. The van der Waals surface area contributed by atoms with Crippen molar-refractivity contribution in [1.82, 2.24) is 0 Å². The highest BCUT2D eigenvalue weighted by Gasteiger charge is 1.79. The largest absolute Gasteiger partial charge is 0.0683 e. The lowest BCUT2D eigenvalue weighted by atomic mass is 10.2. The van der Waals surface area contributed by atoms with Gasteiger partial charge in [-0.1, -0.05) is 49.2 Å². The minimum atomic E-state index is 0.